The number of thiazole rings is 1. The Labute approximate surface area is 115 Å². The molecule has 3 N–H and O–H groups in total. The summed E-state index contributed by atoms with van der Waals surface area (Å²) >= 11 is 1.49. The SMILES string of the molecule is CC(O)c1ccc(NC(=O)NCc2cncs2)cc1. The second-order valence-corrected chi connectivity index (χ2v) is 5.04. The Bertz CT molecular complexity index is 523. The Morgan fingerprint density at radius 3 is 2.74 bits per heavy atom. The molecular formula is C13H15N3O2S. The number of hydrogen-bond acceptors (Lipinski definition) is 4. The fourth-order valence-corrected chi connectivity index (χ4v) is 2.05. The molecule has 2 aromatic rings. The number of amides is 2. The summed E-state index contributed by atoms with van der Waals surface area (Å²) in [4.78, 5) is 16.6. The fourth-order valence-electron chi connectivity index (χ4n) is 1.52. The minimum absolute atomic E-state index is 0.266. The average Bonchev–Trinajstić information content (AvgIpc) is 2.90. The molecule has 0 aliphatic carbocycles. The molecule has 1 aromatic heterocycles. The van der Waals surface area contributed by atoms with Crippen LogP contribution in [0.15, 0.2) is 36.0 Å². The Morgan fingerprint density at radius 1 is 1.42 bits per heavy atom. The lowest BCUT2D eigenvalue weighted by Gasteiger charge is -2.08. The van der Waals surface area contributed by atoms with Crippen molar-refractivity contribution >= 4 is 23.1 Å². The van der Waals surface area contributed by atoms with Gasteiger partial charge in [0.05, 0.1) is 18.2 Å². The van der Waals surface area contributed by atoms with E-state index < -0.39 is 6.10 Å². The summed E-state index contributed by atoms with van der Waals surface area (Å²) < 4.78 is 0. The molecule has 6 heteroatoms. The molecule has 0 fully saturated rings. The van der Waals surface area contributed by atoms with Gasteiger partial charge in [-0.25, -0.2) is 4.79 Å². The molecule has 2 amide bonds. The molecule has 0 saturated heterocycles. The van der Waals surface area contributed by atoms with Crippen molar-refractivity contribution in [3.8, 4) is 0 Å². The highest BCUT2D eigenvalue weighted by Gasteiger charge is 2.04. The number of nitrogens with one attached hydrogen (secondary N) is 2. The van der Waals surface area contributed by atoms with Crippen molar-refractivity contribution in [1.82, 2.24) is 10.3 Å². The average molecular weight is 277 g/mol. The van der Waals surface area contributed by atoms with Gasteiger partial charge >= 0.3 is 6.03 Å². The van der Waals surface area contributed by atoms with Gasteiger partial charge in [0.25, 0.3) is 0 Å². The first-order valence-corrected chi connectivity index (χ1v) is 6.73. The zero-order chi connectivity index (χ0) is 13.7. The van der Waals surface area contributed by atoms with E-state index in [0.29, 0.717) is 12.2 Å². The van der Waals surface area contributed by atoms with E-state index in [1.165, 1.54) is 11.3 Å². The second-order valence-electron chi connectivity index (χ2n) is 4.07. The number of benzene rings is 1. The second kappa shape index (κ2) is 6.31. The lowest BCUT2D eigenvalue weighted by atomic mass is 10.1. The monoisotopic (exact) mass is 277 g/mol. The first-order chi connectivity index (χ1) is 9.15. The van der Waals surface area contributed by atoms with Gasteiger partial charge in [-0.05, 0) is 24.6 Å². The number of carbonyl (C=O) groups is 1. The van der Waals surface area contributed by atoms with Gasteiger partial charge in [0.2, 0.25) is 0 Å². The highest BCUT2D eigenvalue weighted by Crippen LogP contribution is 2.15. The molecule has 0 bridgehead atoms. The number of aliphatic hydroxyl groups excluding tert-OH is 1. The summed E-state index contributed by atoms with van der Waals surface area (Å²) in [6, 6.07) is 6.81. The zero-order valence-electron chi connectivity index (χ0n) is 10.5. The van der Waals surface area contributed by atoms with Crippen LogP contribution in [0.5, 0.6) is 0 Å². The van der Waals surface area contributed by atoms with Crippen LogP contribution in [0.1, 0.15) is 23.5 Å². The molecular weight excluding hydrogens is 262 g/mol. The summed E-state index contributed by atoms with van der Waals surface area (Å²) in [6.07, 6.45) is 1.22. The number of carbonyl (C=O) groups excluding carboxylic acids is 1. The van der Waals surface area contributed by atoms with E-state index in [1.807, 2.05) is 0 Å². The van der Waals surface area contributed by atoms with Gasteiger partial charge in [0.15, 0.2) is 0 Å². The van der Waals surface area contributed by atoms with E-state index in [9.17, 15) is 9.90 Å². The first-order valence-electron chi connectivity index (χ1n) is 5.85. The maximum Gasteiger partial charge on any atom is 0.319 e. The molecule has 0 saturated carbocycles. The Hall–Kier alpha value is -1.92. The van der Waals surface area contributed by atoms with Crippen molar-refractivity contribution in [2.24, 2.45) is 0 Å². The van der Waals surface area contributed by atoms with E-state index in [0.717, 1.165) is 10.4 Å². The Kier molecular flexibility index (Phi) is 4.48. The van der Waals surface area contributed by atoms with Gasteiger partial charge in [-0.2, -0.15) is 0 Å². The standard InChI is InChI=1S/C13H15N3O2S/c1-9(17)10-2-4-11(5-3-10)16-13(18)15-7-12-6-14-8-19-12/h2-6,8-9,17H,7H2,1H3,(H2,15,16,18). The van der Waals surface area contributed by atoms with Crippen LogP contribution in [-0.2, 0) is 6.54 Å². The van der Waals surface area contributed by atoms with Crippen LogP contribution in [0.3, 0.4) is 0 Å². The molecule has 19 heavy (non-hydrogen) atoms. The van der Waals surface area contributed by atoms with Gasteiger partial charge < -0.3 is 15.7 Å². The predicted molar refractivity (Wildman–Crippen MR) is 75.0 cm³/mol. The number of nitrogens with zero attached hydrogens (tertiary/aromatic N) is 1. The number of aromatic nitrogens is 1. The lowest BCUT2D eigenvalue weighted by Crippen LogP contribution is -2.27. The van der Waals surface area contributed by atoms with Crippen LogP contribution in [0, 0.1) is 0 Å². The lowest BCUT2D eigenvalue weighted by molar-refractivity contribution is 0.199. The third-order valence-electron chi connectivity index (χ3n) is 2.56. The number of urea groups is 1. The van der Waals surface area contributed by atoms with Crippen molar-refractivity contribution < 1.29 is 9.90 Å². The molecule has 0 aliphatic heterocycles. The number of hydrogen-bond donors (Lipinski definition) is 3. The van der Waals surface area contributed by atoms with Gasteiger partial charge in [-0.3, -0.25) is 4.98 Å². The first kappa shape index (κ1) is 13.5. The largest absolute Gasteiger partial charge is 0.389 e. The predicted octanol–water partition coefficient (Wildman–Crippen LogP) is 2.52. The summed E-state index contributed by atoms with van der Waals surface area (Å²) in [5.41, 5.74) is 3.23. The molecule has 2 rings (SSSR count). The van der Waals surface area contributed by atoms with E-state index >= 15 is 0 Å². The van der Waals surface area contributed by atoms with Crippen LogP contribution >= 0.6 is 11.3 Å². The maximum absolute atomic E-state index is 11.6. The highest BCUT2D eigenvalue weighted by atomic mass is 32.1. The van der Waals surface area contributed by atoms with E-state index in [2.05, 4.69) is 15.6 Å². The molecule has 5 nitrogen and oxygen atoms in total. The molecule has 1 aromatic carbocycles. The van der Waals surface area contributed by atoms with Crippen molar-refractivity contribution in [2.45, 2.75) is 19.6 Å². The zero-order valence-corrected chi connectivity index (χ0v) is 11.3. The number of aliphatic hydroxyl groups is 1. The molecule has 100 valence electrons. The Balaban J connectivity index is 1.84. The van der Waals surface area contributed by atoms with Gasteiger partial charge in [-0.15, -0.1) is 11.3 Å². The molecule has 1 heterocycles. The molecule has 1 atom stereocenters. The summed E-state index contributed by atoms with van der Waals surface area (Å²) in [6.45, 7) is 2.16. The van der Waals surface area contributed by atoms with E-state index in [-0.39, 0.29) is 6.03 Å². The van der Waals surface area contributed by atoms with Gasteiger partial charge in [0, 0.05) is 16.8 Å². The van der Waals surface area contributed by atoms with E-state index in [1.54, 1.807) is 42.9 Å². The minimum Gasteiger partial charge on any atom is -0.389 e. The smallest absolute Gasteiger partial charge is 0.319 e. The third kappa shape index (κ3) is 4.04. The normalized spacial score (nSPS) is 11.9. The number of anilines is 1. The van der Waals surface area contributed by atoms with Crippen LogP contribution in [-0.4, -0.2) is 16.1 Å². The highest BCUT2D eigenvalue weighted by molar-refractivity contribution is 7.09. The summed E-state index contributed by atoms with van der Waals surface area (Å²) in [7, 11) is 0. The maximum atomic E-state index is 11.6. The van der Waals surface area contributed by atoms with Crippen LogP contribution < -0.4 is 10.6 Å². The minimum atomic E-state index is -0.505. The van der Waals surface area contributed by atoms with Gasteiger partial charge in [0.1, 0.15) is 0 Å². The van der Waals surface area contributed by atoms with E-state index in [4.69, 9.17) is 0 Å². The fraction of sp³-hybridized carbons (Fsp3) is 0.231. The topological polar surface area (TPSA) is 74.2 Å². The Morgan fingerprint density at radius 2 is 2.16 bits per heavy atom. The van der Waals surface area contributed by atoms with Crippen molar-refractivity contribution in [3.63, 3.8) is 0 Å². The number of rotatable bonds is 4. The van der Waals surface area contributed by atoms with Gasteiger partial charge in [-0.1, -0.05) is 12.1 Å². The quantitative estimate of drug-likeness (QED) is 0.804. The van der Waals surface area contributed by atoms with Crippen LogP contribution in [0.4, 0.5) is 10.5 Å². The summed E-state index contributed by atoms with van der Waals surface area (Å²) in [5, 5.41) is 14.8. The van der Waals surface area contributed by atoms with Crippen molar-refractivity contribution in [2.75, 3.05) is 5.32 Å². The van der Waals surface area contributed by atoms with Crippen molar-refractivity contribution in [1.29, 1.82) is 0 Å². The molecule has 0 spiro atoms. The van der Waals surface area contributed by atoms with Crippen LogP contribution in [0.2, 0.25) is 0 Å². The molecule has 0 radical (unpaired) electrons. The van der Waals surface area contributed by atoms with Crippen LogP contribution in [0.25, 0.3) is 0 Å². The molecule has 0 aliphatic rings. The third-order valence-corrected chi connectivity index (χ3v) is 3.34. The molecule has 1 unspecified atom stereocenters. The summed E-state index contributed by atoms with van der Waals surface area (Å²) in [5.74, 6) is 0. The van der Waals surface area contributed by atoms with Crippen molar-refractivity contribution in [3.05, 3.63) is 46.4 Å².